The minimum atomic E-state index is -0.0588. The van der Waals surface area contributed by atoms with Crippen molar-refractivity contribution in [3.05, 3.63) is 29.3 Å². The molecular weight excluding hydrogens is 278 g/mol. The van der Waals surface area contributed by atoms with Crippen molar-refractivity contribution in [2.24, 2.45) is 5.92 Å². The number of carbonyl (C=O) groups excluding carboxylic acids is 2. The third-order valence-corrected chi connectivity index (χ3v) is 3.75. The Morgan fingerprint density at radius 2 is 2.09 bits per heavy atom. The molecule has 0 spiro atoms. The van der Waals surface area contributed by atoms with Gasteiger partial charge in [-0.2, -0.15) is 5.26 Å². The lowest BCUT2D eigenvalue weighted by Crippen LogP contribution is -2.51. The van der Waals surface area contributed by atoms with Crippen LogP contribution in [0.15, 0.2) is 18.2 Å². The molecule has 1 aliphatic heterocycles. The molecular formula is C17H21N3O2. The van der Waals surface area contributed by atoms with E-state index in [4.69, 9.17) is 5.26 Å². The highest BCUT2D eigenvalue weighted by Crippen LogP contribution is 2.24. The van der Waals surface area contributed by atoms with Crippen LogP contribution in [0.1, 0.15) is 36.7 Å². The molecule has 0 radical (unpaired) electrons. The minimum Gasteiger partial charge on any atom is -0.360 e. The van der Waals surface area contributed by atoms with E-state index in [9.17, 15) is 9.59 Å². The molecule has 0 atom stereocenters. The van der Waals surface area contributed by atoms with E-state index in [1.165, 1.54) is 6.92 Å². The van der Waals surface area contributed by atoms with E-state index in [0.717, 1.165) is 6.54 Å². The Labute approximate surface area is 131 Å². The molecule has 1 aromatic rings. The van der Waals surface area contributed by atoms with Crippen molar-refractivity contribution in [3.8, 4) is 6.07 Å². The molecule has 0 unspecified atom stereocenters. The van der Waals surface area contributed by atoms with Crippen LogP contribution in [0.4, 0.5) is 5.69 Å². The van der Waals surface area contributed by atoms with Crippen molar-refractivity contribution < 1.29 is 9.59 Å². The Bertz CT molecular complexity index is 631. The molecule has 5 heteroatoms. The lowest BCUT2D eigenvalue weighted by Gasteiger charge is -2.37. The lowest BCUT2D eigenvalue weighted by atomic mass is 10.0. The molecule has 116 valence electrons. The number of carbonyl (C=O) groups is 2. The third-order valence-electron chi connectivity index (χ3n) is 3.75. The number of Topliss-reactive ketones (excluding diaryl/α,β-unsaturated/α-hetero) is 1. The molecule has 1 aromatic carbocycles. The molecule has 0 bridgehead atoms. The fraction of sp³-hybridized carbons (Fsp3) is 0.471. The Morgan fingerprint density at radius 3 is 2.64 bits per heavy atom. The number of anilines is 1. The molecule has 1 saturated heterocycles. The Balaban J connectivity index is 2.25. The summed E-state index contributed by atoms with van der Waals surface area (Å²) in [6.07, 6.45) is 0. The number of hydrogen-bond acceptors (Lipinski definition) is 4. The second kappa shape index (κ2) is 6.61. The summed E-state index contributed by atoms with van der Waals surface area (Å²) in [6, 6.07) is 7.09. The van der Waals surface area contributed by atoms with Gasteiger partial charge in [0.1, 0.15) is 0 Å². The van der Waals surface area contributed by atoms with Crippen molar-refractivity contribution in [3.63, 3.8) is 0 Å². The van der Waals surface area contributed by atoms with Crippen LogP contribution in [-0.4, -0.2) is 42.8 Å². The smallest absolute Gasteiger partial charge is 0.242 e. The van der Waals surface area contributed by atoms with Crippen LogP contribution in [-0.2, 0) is 4.79 Å². The number of piperazine rings is 1. The van der Waals surface area contributed by atoms with Gasteiger partial charge in [-0.25, -0.2) is 0 Å². The predicted molar refractivity (Wildman–Crippen MR) is 84.8 cm³/mol. The first-order chi connectivity index (χ1) is 10.4. The summed E-state index contributed by atoms with van der Waals surface area (Å²) in [5.41, 5.74) is 1.74. The first-order valence-corrected chi connectivity index (χ1v) is 7.50. The zero-order valence-electron chi connectivity index (χ0n) is 13.3. The highest BCUT2D eigenvalue weighted by molar-refractivity contribution is 6.00. The lowest BCUT2D eigenvalue weighted by molar-refractivity contribution is -0.131. The monoisotopic (exact) mass is 299 g/mol. The maximum Gasteiger partial charge on any atom is 0.242 e. The highest BCUT2D eigenvalue weighted by Gasteiger charge is 2.26. The summed E-state index contributed by atoms with van der Waals surface area (Å²) in [4.78, 5) is 27.8. The van der Waals surface area contributed by atoms with Crippen molar-refractivity contribution in [2.45, 2.75) is 20.8 Å². The van der Waals surface area contributed by atoms with Crippen molar-refractivity contribution in [1.82, 2.24) is 4.90 Å². The summed E-state index contributed by atoms with van der Waals surface area (Å²) >= 11 is 0. The standard InChI is InChI=1S/C17H21N3O2/c1-12(2)10-20-7-6-19(11-17(20)22)16-8-14(9-18)4-5-15(16)13(3)21/h4-5,8,12H,6-7,10-11H2,1-3H3. The van der Waals surface area contributed by atoms with Gasteiger partial charge in [-0.05, 0) is 31.0 Å². The first kappa shape index (κ1) is 16.0. The van der Waals surface area contributed by atoms with E-state index in [-0.39, 0.29) is 18.2 Å². The number of benzene rings is 1. The van der Waals surface area contributed by atoms with Gasteiger partial charge in [0.2, 0.25) is 5.91 Å². The maximum atomic E-state index is 12.3. The molecule has 1 heterocycles. The minimum absolute atomic E-state index is 0.0588. The predicted octanol–water partition coefficient (Wildman–Crippen LogP) is 2.07. The average molecular weight is 299 g/mol. The van der Waals surface area contributed by atoms with Gasteiger partial charge in [0.05, 0.1) is 18.2 Å². The van der Waals surface area contributed by atoms with Crippen LogP contribution in [0.5, 0.6) is 0 Å². The largest absolute Gasteiger partial charge is 0.360 e. The number of amides is 1. The van der Waals surface area contributed by atoms with Gasteiger partial charge < -0.3 is 9.80 Å². The summed E-state index contributed by atoms with van der Waals surface area (Å²) < 4.78 is 0. The van der Waals surface area contributed by atoms with E-state index < -0.39 is 0 Å². The van der Waals surface area contributed by atoms with Crippen LogP contribution >= 0.6 is 0 Å². The van der Waals surface area contributed by atoms with Gasteiger partial charge in [0.15, 0.2) is 5.78 Å². The van der Waals surface area contributed by atoms with Crippen LogP contribution < -0.4 is 4.90 Å². The molecule has 0 saturated carbocycles. The molecule has 1 amide bonds. The van der Waals surface area contributed by atoms with Crippen molar-refractivity contribution >= 4 is 17.4 Å². The fourth-order valence-electron chi connectivity index (χ4n) is 2.71. The molecule has 1 fully saturated rings. The van der Waals surface area contributed by atoms with Gasteiger partial charge in [0.25, 0.3) is 0 Å². The molecule has 22 heavy (non-hydrogen) atoms. The van der Waals surface area contributed by atoms with Crippen LogP contribution in [0.3, 0.4) is 0 Å². The normalized spacial score (nSPS) is 15.1. The number of nitrogens with zero attached hydrogens (tertiary/aromatic N) is 3. The average Bonchev–Trinajstić information content (AvgIpc) is 2.48. The molecule has 0 aliphatic carbocycles. The van der Waals surface area contributed by atoms with E-state index in [0.29, 0.717) is 35.8 Å². The second-order valence-corrected chi connectivity index (χ2v) is 6.06. The molecule has 2 rings (SSSR count). The summed E-state index contributed by atoms with van der Waals surface area (Å²) in [7, 11) is 0. The van der Waals surface area contributed by atoms with Crippen LogP contribution in [0.25, 0.3) is 0 Å². The van der Waals surface area contributed by atoms with Gasteiger partial charge in [-0.15, -0.1) is 0 Å². The molecule has 5 nitrogen and oxygen atoms in total. The van der Waals surface area contributed by atoms with E-state index in [1.807, 2.05) is 9.80 Å². The molecule has 1 aliphatic rings. The summed E-state index contributed by atoms with van der Waals surface area (Å²) in [5, 5.41) is 9.05. The molecule has 0 aromatic heterocycles. The second-order valence-electron chi connectivity index (χ2n) is 6.06. The number of rotatable bonds is 4. The maximum absolute atomic E-state index is 12.3. The van der Waals surface area contributed by atoms with Crippen molar-refractivity contribution in [2.75, 3.05) is 31.1 Å². The fourth-order valence-corrected chi connectivity index (χ4v) is 2.71. The Kier molecular flexibility index (Phi) is 4.81. The third kappa shape index (κ3) is 3.45. The first-order valence-electron chi connectivity index (χ1n) is 7.50. The van der Waals surface area contributed by atoms with Crippen molar-refractivity contribution in [1.29, 1.82) is 5.26 Å². The van der Waals surface area contributed by atoms with E-state index in [2.05, 4.69) is 19.9 Å². The summed E-state index contributed by atoms with van der Waals surface area (Å²) in [6.45, 7) is 8.00. The number of ketones is 1. The zero-order valence-corrected chi connectivity index (χ0v) is 13.3. The SMILES string of the molecule is CC(=O)c1ccc(C#N)cc1N1CCN(CC(C)C)C(=O)C1. The van der Waals surface area contributed by atoms with Gasteiger partial charge >= 0.3 is 0 Å². The Morgan fingerprint density at radius 1 is 1.36 bits per heavy atom. The number of hydrogen-bond donors (Lipinski definition) is 0. The molecule has 0 N–H and O–H groups in total. The van der Waals surface area contributed by atoms with E-state index in [1.54, 1.807) is 18.2 Å². The van der Waals surface area contributed by atoms with Gasteiger partial charge in [-0.1, -0.05) is 13.8 Å². The quantitative estimate of drug-likeness (QED) is 0.798. The van der Waals surface area contributed by atoms with Gasteiger partial charge in [-0.3, -0.25) is 9.59 Å². The Hall–Kier alpha value is -2.35. The van der Waals surface area contributed by atoms with E-state index >= 15 is 0 Å². The van der Waals surface area contributed by atoms with Gasteiger partial charge in [0, 0.05) is 30.9 Å². The zero-order chi connectivity index (χ0) is 16.3. The van der Waals surface area contributed by atoms with Crippen LogP contribution in [0, 0.1) is 17.2 Å². The van der Waals surface area contributed by atoms with Crippen LogP contribution in [0.2, 0.25) is 0 Å². The number of nitriles is 1. The highest BCUT2D eigenvalue weighted by atomic mass is 16.2. The summed E-state index contributed by atoms with van der Waals surface area (Å²) in [5.74, 6) is 0.443. The topological polar surface area (TPSA) is 64.4 Å².